The predicted molar refractivity (Wildman–Crippen MR) is 121 cm³/mol. The van der Waals surface area contributed by atoms with Crippen LogP contribution in [-0.2, 0) is 14.3 Å². The number of carbonyl (C=O) groups is 3. The first-order valence-corrected chi connectivity index (χ1v) is 10.9. The van der Waals surface area contributed by atoms with E-state index in [0.29, 0.717) is 34.6 Å². The highest BCUT2D eigenvalue weighted by atomic mass is 16.6. The molecule has 32 heavy (non-hydrogen) atoms. The number of hydrogen-bond acceptors (Lipinski definition) is 6. The number of nitrogens with zero attached hydrogens (tertiary/aromatic N) is 1. The lowest BCUT2D eigenvalue weighted by atomic mass is 9.81. The summed E-state index contributed by atoms with van der Waals surface area (Å²) in [6, 6.07) is 6.91. The highest BCUT2D eigenvalue weighted by molar-refractivity contribution is 6.05. The molecule has 2 amide bonds. The predicted octanol–water partition coefficient (Wildman–Crippen LogP) is 4.29. The maximum atomic E-state index is 12.8. The smallest absolute Gasteiger partial charge is 0.407 e. The topological polar surface area (TPSA) is 107 Å². The van der Waals surface area contributed by atoms with Gasteiger partial charge in [-0.15, -0.1) is 0 Å². The van der Waals surface area contributed by atoms with E-state index < -0.39 is 17.7 Å². The first-order chi connectivity index (χ1) is 15.2. The largest absolute Gasteiger partial charge is 0.465 e. The molecule has 1 aliphatic carbocycles. The molecule has 1 aliphatic rings. The molecule has 0 spiro atoms. The van der Waals surface area contributed by atoms with Crippen molar-refractivity contribution in [2.75, 3.05) is 19.0 Å². The molecule has 0 saturated heterocycles. The Bertz CT molecular complexity index is 991. The maximum absolute atomic E-state index is 12.8. The number of carbonyl (C=O) groups excluding carboxylic acids is 3. The Morgan fingerprint density at radius 2 is 1.81 bits per heavy atom. The summed E-state index contributed by atoms with van der Waals surface area (Å²) in [6.07, 6.45) is 4.39. The van der Waals surface area contributed by atoms with E-state index >= 15 is 0 Å². The number of benzene rings is 1. The fourth-order valence-corrected chi connectivity index (χ4v) is 3.93. The minimum Gasteiger partial charge on any atom is -0.465 e. The van der Waals surface area contributed by atoms with E-state index in [1.54, 1.807) is 30.5 Å². The van der Waals surface area contributed by atoms with Crippen LogP contribution in [0.2, 0.25) is 0 Å². The average molecular weight is 442 g/mol. The molecule has 0 radical (unpaired) electrons. The second-order valence-corrected chi connectivity index (χ2v) is 9.17. The Hall–Kier alpha value is -3.16. The number of esters is 1. The van der Waals surface area contributed by atoms with Crippen LogP contribution in [0.1, 0.15) is 56.8 Å². The van der Waals surface area contributed by atoms with Gasteiger partial charge in [-0.3, -0.25) is 9.78 Å². The van der Waals surface area contributed by atoms with E-state index in [0.717, 1.165) is 25.7 Å². The van der Waals surface area contributed by atoms with Crippen molar-refractivity contribution in [2.24, 2.45) is 11.8 Å². The SMILES string of the molecule is COC(=O)c1ccnc2ccc(NC(=O)[C@H]3CC[C@H](CNC(=O)OC(C)(C)C)CC3)cc12. The molecule has 1 heterocycles. The molecular formula is C24H31N3O5. The van der Waals surface area contributed by atoms with Crippen molar-refractivity contribution in [3.05, 3.63) is 36.0 Å². The minimum absolute atomic E-state index is 0.0357. The number of hydrogen-bond donors (Lipinski definition) is 2. The molecule has 1 saturated carbocycles. The van der Waals surface area contributed by atoms with Crippen LogP contribution in [-0.4, -0.2) is 42.2 Å². The molecular weight excluding hydrogens is 410 g/mol. The summed E-state index contributed by atoms with van der Waals surface area (Å²) < 4.78 is 10.1. The van der Waals surface area contributed by atoms with E-state index in [4.69, 9.17) is 9.47 Å². The standard InChI is InChI=1S/C24H31N3O5/c1-24(2,3)32-23(30)26-14-15-5-7-16(8-6-15)21(28)27-17-9-10-20-19(13-17)18(11-12-25-20)22(29)31-4/h9-13,15-16H,5-8,14H2,1-4H3,(H,26,30)(H,27,28)/t15-,16-. The molecule has 8 heteroatoms. The zero-order chi connectivity index (χ0) is 23.3. The quantitative estimate of drug-likeness (QED) is 0.671. The Balaban J connectivity index is 1.54. The Morgan fingerprint density at radius 1 is 1.09 bits per heavy atom. The number of ether oxygens (including phenoxy) is 2. The summed E-state index contributed by atoms with van der Waals surface area (Å²) in [7, 11) is 1.33. The highest BCUT2D eigenvalue weighted by Crippen LogP contribution is 2.30. The van der Waals surface area contributed by atoms with Crippen molar-refractivity contribution in [2.45, 2.75) is 52.1 Å². The van der Waals surface area contributed by atoms with Crippen molar-refractivity contribution in [3.63, 3.8) is 0 Å². The van der Waals surface area contributed by atoms with Crippen LogP contribution in [0.4, 0.5) is 10.5 Å². The zero-order valence-corrected chi connectivity index (χ0v) is 19.1. The number of amides is 2. The first-order valence-electron chi connectivity index (χ1n) is 10.9. The van der Waals surface area contributed by atoms with Crippen LogP contribution in [0.5, 0.6) is 0 Å². The number of pyridine rings is 1. The van der Waals surface area contributed by atoms with Gasteiger partial charge in [0, 0.05) is 29.7 Å². The summed E-state index contributed by atoms with van der Waals surface area (Å²) in [5.74, 6) is -0.232. The molecule has 1 aromatic carbocycles. The van der Waals surface area contributed by atoms with E-state index in [1.165, 1.54) is 7.11 Å². The highest BCUT2D eigenvalue weighted by Gasteiger charge is 2.27. The van der Waals surface area contributed by atoms with Crippen molar-refractivity contribution in [1.29, 1.82) is 0 Å². The summed E-state index contributed by atoms with van der Waals surface area (Å²) in [6.45, 7) is 6.05. The van der Waals surface area contributed by atoms with E-state index in [9.17, 15) is 14.4 Å². The molecule has 1 fully saturated rings. The molecule has 172 valence electrons. The van der Waals surface area contributed by atoms with Crippen molar-refractivity contribution >= 4 is 34.6 Å². The van der Waals surface area contributed by atoms with Gasteiger partial charge in [0.05, 0.1) is 18.2 Å². The monoisotopic (exact) mass is 441 g/mol. The number of aromatic nitrogens is 1. The second-order valence-electron chi connectivity index (χ2n) is 9.17. The van der Waals surface area contributed by atoms with Gasteiger partial charge in [-0.05, 0) is 76.6 Å². The number of nitrogens with one attached hydrogen (secondary N) is 2. The summed E-state index contributed by atoms with van der Waals surface area (Å²) in [5, 5.41) is 6.43. The lowest BCUT2D eigenvalue weighted by molar-refractivity contribution is -0.121. The lowest BCUT2D eigenvalue weighted by Crippen LogP contribution is -2.37. The normalized spacial score (nSPS) is 18.6. The fraction of sp³-hybridized carbons (Fsp3) is 0.500. The van der Waals surface area contributed by atoms with Gasteiger partial charge in [-0.2, -0.15) is 0 Å². The molecule has 3 rings (SSSR count). The molecule has 0 unspecified atom stereocenters. The van der Waals surface area contributed by atoms with Crippen LogP contribution in [0.15, 0.2) is 30.5 Å². The van der Waals surface area contributed by atoms with Gasteiger partial charge >= 0.3 is 12.1 Å². The van der Waals surface area contributed by atoms with Gasteiger partial charge < -0.3 is 20.1 Å². The Kier molecular flexibility index (Phi) is 7.33. The Morgan fingerprint density at radius 3 is 2.47 bits per heavy atom. The molecule has 8 nitrogen and oxygen atoms in total. The minimum atomic E-state index is -0.518. The van der Waals surface area contributed by atoms with Crippen molar-refractivity contribution < 1.29 is 23.9 Å². The van der Waals surface area contributed by atoms with Crippen LogP contribution < -0.4 is 10.6 Å². The summed E-state index contributed by atoms with van der Waals surface area (Å²) >= 11 is 0. The third kappa shape index (κ3) is 6.18. The van der Waals surface area contributed by atoms with E-state index in [1.807, 2.05) is 20.8 Å². The van der Waals surface area contributed by atoms with E-state index in [-0.39, 0.29) is 11.8 Å². The summed E-state index contributed by atoms with van der Waals surface area (Å²) in [4.78, 5) is 40.9. The first kappa shape index (κ1) is 23.5. The third-order valence-corrected chi connectivity index (χ3v) is 5.57. The van der Waals surface area contributed by atoms with Gasteiger partial charge in [-0.1, -0.05) is 0 Å². The maximum Gasteiger partial charge on any atom is 0.407 e. The molecule has 0 bridgehead atoms. The molecule has 0 aliphatic heterocycles. The number of rotatable bonds is 5. The number of anilines is 1. The van der Waals surface area contributed by atoms with Crippen LogP contribution in [0, 0.1) is 11.8 Å². The van der Waals surface area contributed by atoms with E-state index in [2.05, 4.69) is 15.6 Å². The number of fused-ring (bicyclic) bond motifs is 1. The fourth-order valence-electron chi connectivity index (χ4n) is 3.93. The average Bonchev–Trinajstić information content (AvgIpc) is 2.76. The molecule has 1 aromatic heterocycles. The third-order valence-electron chi connectivity index (χ3n) is 5.57. The molecule has 2 aromatic rings. The Labute approximate surface area is 188 Å². The van der Waals surface area contributed by atoms with Crippen LogP contribution >= 0.6 is 0 Å². The van der Waals surface area contributed by atoms with Crippen LogP contribution in [0.25, 0.3) is 10.9 Å². The number of alkyl carbamates (subject to hydrolysis) is 1. The van der Waals surface area contributed by atoms with Crippen LogP contribution in [0.3, 0.4) is 0 Å². The van der Waals surface area contributed by atoms with Gasteiger partial charge in [0.2, 0.25) is 5.91 Å². The van der Waals surface area contributed by atoms with Crippen molar-refractivity contribution in [3.8, 4) is 0 Å². The van der Waals surface area contributed by atoms with Gasteiger partial charge in [-0.25, -0.2) is 9.59 Å². The lowest BCUT2D eigenvalue weighted by Gasteiger charge is -2.28. The van der Waals surface area contributed by atoms with Gasteiger partial charge in [0.1, 0.15) is 5.60 Å². The second kappa shape index (κ2) is 9.97. The summed E-state index contributed by atoms with van der Waals surface area (Å²) in [5.41, 5.74) is 1.17. The van der Waals surface area contributed by atoms with Gasteiger partial charge in [0.25, 0.3) is 0 Å². The van der Waals surface area contributed by atoms with Gasteiger partial charge in [0.15, 0.2) is 0 Å². The molecule has 0 atom stereocenters. The number of methoxy groups -OCH3 is 1. The zero-order valence-electron chi connectivity index (χ0n) is 19.1. The molecule has 2 N–H and O–H groups in total. The van der Waals surface area contributed by atoms with Crippen molar-refractivity contribution in [1.82, 2.24) is 10.3 Å².